The number of ketones is 1. The lowest BCUT2D eigenvalue weighted by Gasteiger charge is -2.02. The molecule has 27 heavy (non-hydrogen) atoms. The van der Waals surface area contributed by atoms with Crippen LogP contribution in [0.15, 0.2) is 18.3 Å². The molecule has 8 nitrogen and oxygen atoms in total. The molecule has 1 rings (SSSR count). The molecule has 1 aromatic rings. The Morgan fingerprint density at radius 3 is 2.56 bits per heavy atom. The van der Waals surface area contributed by atoms with Crippen LogP contribution in [0, 0.1) is 0 Å². The van der Waals surface area contributed by atoms with Gasteiger partial charge in [0, 0.05) is 34.6 Å². The van der Waals surface area contributed by atoms with E-state index in [0.29, 0.717) is 26.1 Å². The van der Waals surface area contributed by atoms with E-state index in [1.165, 1.54) is 19.1 Å². The van der Waals surface area contributed by atoms with Gasteiger partial charge in [-0.25, -0.2) is 0 Å². The van der Waals surface area contributed by atoms with Crippen LogP contribution < -0.4 is 10.6 Å². The molecule has 0 aliphatic carbocycles. The molecule has 0 aromatic carbocycles. The summed E-state index contributed by atoms with van der Waals surface area (Å²) >= 11 is 0. The van der Waals surface area contributed by atoms with Gasteiger partial charge in [-0.2, -0.15) is 0 Å². The Balaban J connectivity index is -0.00000163. The minimum Gasteiger partial charge on any atom is -0.356 e. The smallest absolute Gasteiger partial charge is 0.244 e. The quantitative estimate of drug-likeness (QED) is 0.425. The molecule has 0 bridgehead atoms. The number of hydrogen-bond donors (Lipinski definition) is 2. The minimum absolute atomic E-state index is 0. The van der Waals surface area contributed by atoms with Crippen molar-refractivity contribution in [3.8, 4) is 0 Å². The number of nitrogens with one attached hydrogen (secondary N) is 2. The summed E-state index contributed by atoms with van der Waals surface area (Å²) in [5.74, 6) is -0.392. The maximum atomic E-state index is 11.5. The van der Waals surface area contributed by atoms with E-state index < -0.39 is 0 Å². The first kappa shape index (κ1) is 24.5. The average molecular weight is 384 g/mol. The molecule has 8 heteroatoms. The van der Waals surface area contributed by atoms with E-state index in [4.69, 9.17) is 0 Å². The highest BCUT2D eigenvalue weighted by Gasteiger charge is 2.04. The molecule has 0 fully saturated rings. The molecule has 0 unspecified atom stereocenters. The molecule has 1 aromatic heterocycles. The normalized spacial score (nSPS) is 10.2. The SMILES string of the molecule is CC.CCCNC(=O)CCn1cc(CCCCNC(=O)/C=C/C(C)=O)nn1.[HH].[HH]. The number of rotatable bonds is 12. The van der Waals surface area contributed by atoms with E-state index in [-0.39, 0.29) is 20.5 Å². The van der Waals surface area contributed by atoms with Gasteiger partial charge in [0.25, 0.3) is 0 Å². The van der Waals surface area contributed by atoms with Crippen LogP contribution in [0.4, 0.5) is 0 Å². The van der Waals surface area contributed by atoms with Crippen molar-refractivity contribution in [3.05, 3.63) is 24.0 Å². The van der Waals surface area contributed by atoms with E-state index in [0.717, 1.165) is 31.4 Å². The van der Waals surface area contributed by atoms with Crippen molar-refractivity contribution in [3.63, 3.8) is 0 Å². The first-order chi connectivity index (χ1) is 13.0. The maximum Gasteiger partial charge on any atom is 0.244 e. The molecule has 0 aliphatic rings. The molecule has 0 radical (unpaired) electrons. The van der Waals surface area contributed by atoms with Crippen LogP contribution in [0.1, 0.15) is 61.9 Å². The van der Waals surface area contributed by atoms with Gasteiger partial charge >= 0.3 is 0 Å². The summed E-state index contributed by atoms with van der Waals surface area (Å²) in [5, 5.41) is 13.6. The number of nitrogens with zero attached hydrogens (tertiary/aromatic N) is 3. The molecule has 0 saturated heterocycles. The lowest BCUT2D eigenvalue weighted by molar-refractivity contribution is -0.121. The first-order valence-electron chi connectivity index (χ1n) is 9.63. The summed E-state index contributed by atoms with van der Waals surface area (Å²) in [7, 11) is 0. The van der Waals surface area contributed by atoms with Crippen molar-refractivity contribution in [2.24, 2.45) is 0 Å². The van der Waals surface area contributed by atoms with E-state index in [1.807, 2.05) is 27.0 Å². The second-order valence-corrected chi connectivity index (χ2v) is 5.77. The number of carbonyl (C=O) groups excluding carboxylic acids is 3. The standard InChI is InChI=1S/C17H27N5O3.C2H6.2H2/c1-3-10-18-17(25)9-12-22-13-15(20-21-22)6-4-5-11-19-16(24)8-7-14(2)23;1-2;;/h7-8,13H,3-6,9-12H2,1-2H3,(H,18,25)(H,19,24);1-2H3;2*1H/b8-7+;;;. The van der Waals surface area contributed by atoms with Crippen LogP contribution in [0.2, 0.25) is 0 Å². The Kier molecular flexibility index (Phi) is 14.3. The summed E-state index contributed by atoms with van der Waals surface area (Å²) in [6, 6.07) is 0. The number of allylic oxidation sites excluding steroid dienone is 1. The van der Waals surface area contributed by atoms with E-state index in [2.05, 4.69) is 20.9 Å². The monoisotopic (exact) mass is 383 g/mol. The fourth-order valence-corrected chi connectivity index (χ4v) is 2.03. The van der Waals surface area contributed by atoms with E-state index in [9.17, 15) is 14.4 Å². The summed E-state index contributed by atoms with van der Waals surface area (Å²) in [4.78, 5) is 33.6. The highest BCUT2D eigenvalue weighted by Crippen LogP contribution is 2.01. The average Bonchev–Trinajstić information content (AvgIpc) is 3.12. The number of unbranched alkanes of at least 4 members (excludes halogenated alkanes) is 1. The summed E-state index contributed by atoms with van der Waals surface area (Å²) in [6.07, 6.45) is 8.09. The van der Waals surface area contributed by atoms with Crippen molar-refractivity contribution in [2.45, 2.75) is 66.3 Å². The molecular formula is C19H37N5O3. The molecule has 0 atom stereocenters. The highest BCUT2D eigenvalue weighted by molar-refractivity contribution is 5.96. The lowest BCUT2D eigenvalue weighted by atomic mass is 10.2. The summed E-state index contributed by atoms with van der Waals surface area (Å²) < 4.78 is 1.68. The highest BCUT2D eigenvalue weighted by atomic mass is 16.2. The largest absolute Gasteiger partial charge is 0.356 e. The molecule has 156 valence electrons. The number of aromatic nitrogens is 3. The molecule has 0 saturated carbocycles. The van der Waals surface area contributed by atoms with E-state index in [1.54, 1.807) is 4.68 Å². The molecule has 2 amide bonds. The predicted molar refractivity (Wildman–Crippen MR) is 109 cm³/mol. The first-order valence-corrected chi connectivity index (χ1v) is 9.63. The van der Waals surface area contributed by atoms with Gasteiger partial charge < -0.3 is 10.6 Å². The van der Waals surface area contributed by atoms with Crippen LogP contribution in [0.25, 0.3) is 0 Å². The van der Waals surface area contributed by atoms with Gasteiger partial charge in [-0.1, -0.05) is 26.0 Å². The second-order valence-electron chi connectivity index (χ2n) is 5.77. The zero-order valence-electron chi connectivity index (χ0n) is 17.0. The van der Waals surface area contributed by atoms with Gasteiger partial charge in [-0.15, -0.1) is 5.10 Å². The van der Waals surface area contributed by atoms with Gasteiger partial charge in [0.2, 0.25) is 11.8 Å². The van der Waals surface area contributed by atoms with Crippen LogP contribution in [-0.2, 0) is 27.3 Å². The van der Waals surface area contributed by atoms with Crippen LogP contribution >= 0.6 is 0 Å². The van der Waals surface area contributed by atoms with Crippen LogP contribution in [0.3, 0.4) is 0 Å². The molecule has 0 spiro atoms. The third-order valence-electron chi connectivity index (χ3n) is 3.35. The Labute approximate surface area is 164 Å². The van der Waals surface area contributed by atoms with Gasteiger partial charge in [-0.05, 0) is 38.7 Å². The summed E-state index contributed by atoms with van der Waals surface area (Å²) in [6.45, 7) is 9.17. The Morgan fingerprint density at radius 1 is 1.15 bits per heavy atom. The van der Waals surface area contributed by atoms with Crippen LogP contribution in [0.5, 0.6) is 0 Å². The lowest BCUT2D eigenvalue weighted by Crippen LogP contribution is -2.25. The Hall–Kier alpha value is -2.51. The van der Waals surface area contributed by atoms with Crippen molar-refractivity contribution in [2.75, 3.05) is 13.1 Å². The number of carbonyl (C=O) groups is 3. The number of hydrogen-bond acceptors (Lipinski definition) is 5. The number of aryl methyl sites for hydroxylation is 2. The predicted octanol–water partition coefficient (Wildman–Crippen LogP) is 2.30. The van der Waals surface area contributed by atoms with E-state index >= 15 is 0 Å². The van der Waals surface area contributed by atoms with Gasteiger partial charge in [0.15, 0.2) is 5.78 Å². The third-order valence-corrected chi connectivity index (χ3v) is 3.35. The van der Waals surface area contributed by atoms with Crippen molar-refractivity contribution >= 4 is 17.6 Å². The zero-order chi connectivity index (χ0) is 20.5. The fraction of sp³-hybridized carbons (Fsp3) is 0.632. The Morgan fingerprint density at radius 2 is 1.89 bits per heavy atom. The van der Waals surface area contributed by atoms with Gasteiger partial charge in [0.1, 0.15) is 0 Å². The topological polar surface area (TPSA) is 106 Å². The minimum atomic E-state index is -0.262. The van der Waals surface area contributed by atoms with Gasteiger partial charge in [0.05, 0.1) is 12.2 Å². The molecule has 2 N–H and O–H groups in total. The third kappa shape index (κ3) is 13.4. The molecule has 1 heterocycles. The molecular weight excluding hydrogens is 346 g/mol. The fourth-order valence-electron chi connectivity index (χ4n) is 2.03. The molecule has 0 aliphatic heterocycles. The van der Waals surface area contributed by atoms with Crippen molar-refractivity contribution in [1.29, 1.82) is 0 Å². The summed E-state index contributed by atoms with van der Waals surface area (Å²) in [5.41, 5.74) is 0.872. The second kappa shape index (κ2) is 15.7. The Bertz CT molecular complexity index is 606. The zero-order valence-corrected chi connectivity index (χ0v) is 17.0. The van der Waals surface area contributed by atoms with Crippen molar-refractivity contribution < 1.29 is 17.2 Å². The van der Waals surface area contributed by atoms with Crippen LogP contribution in [-0.4, -0.2) is 45.7 Å². The number of amides is 2. The van der Waals surface area contributed by atoms with Crippen molar-refractivity contribution in [1.82, 2.24) is 25.6 Å². The maximum absolute atomic E-state index is 11.5. The van der Waals surface area contributed by atoms with Gasteiger partial charge in [-0.3, -0.25) is 19.1 Å².